The molecule has 1 N–H and O–H groups in total. The summed E-state index contributed by atoms with van der Waals surface area (Å²) in [4.78, 5) is 1.33. The van der Waals surface area contributed by atoms with E-state index in [0.717, 1.165) is 19.7 Å². The molecule has 0 aromatic carbocycles. The van der Waals surface area contributed by atoms with Crippen LogP contribution >= 0.6 is 0 Å². The lowest BCUT2D eigenvalue weighted by atomic mass is 10.1. The van der Waals surface area contributed by atoms with Crippen molar-refractivity contribution in [3.8, 4) is 0 Å². The summed E-state index contributed by atoms with van der Waals surface area (Å²) in [5, 5.41) is 0. The van der Waals surface area contributed by atoms with Crippen molar-refractivity contribution in [1.82, 2.24) is 0 Å². The minimum absolute atomic E-state index is 0.0509. The third-order valence-corrected chi connectivity index (χ3v) is 1.62. The Morgan fingerprint density at radius 2 is 2.22 bits per heavy atom. The molecule has 1 aliphatic rings. The Balaban J connectivity index is 2.41. The van der Waals surface area contributed by atoms with Gasteiger partial charge < -0.3 is 9.64 Å². The second-order valence-corrected chi connectivity index (χ2v) is 3.28. The highest BCUT2D eigenvalue weighted by Crippen LogP contribution is 2.06. The van der Waals surface area contributed by atoms with Crippen molar-refractivity contribution in [1.29, 1.82) is 0 Å². The standard InChI is InChI=1S/C7H15NO/c1-7(2)6-8(3)4-5-9-7/h8H,3-6H2,1-2H3. The number of nitrogens with one attached hydrogen (secondary N) is 1. The third kappa shape index (κ3) is 1.95. The summed E-state index contributed by atoms with van der Waals surface area (Å²) in [7, 11) is 3.93. The van der Waals surface area contributed by atoms with E-state index in [9.17, 15) is 0 Å². The molecule has 0 aromatic heterocycles. The van der Waals surface area contributed by atoms with Crippen molar-refractivity contribution >= 4 is 0 Å². The average Bonchev–Trinajstić information content (AvgIpc) is 1.60. The molecule has 1 rings (SSSR count). The molecule has 0 saturated carbocycles. The monoisotopic (exact) mass is 129 g/mol. The Labute approximate surface area is 56.8 Å². The van der Waals surface area contributed by atoms with Gasteiger partial charge in [0.2, 0.25) is 0 Å². The molecule has 54 valence electrons. The molecule has 2 nitrogen and oxygen atoms in total. The van der Waals surface area contributed by atoms with Gasteiger partial charge in [0.1, 0.15) is 5.60 Å². The van der Waals surface area contributed by atoms with E-state index in [-0.39, 0.29) is 5.60 Å². The highest BCUT2D eigenvalue weighted by atomic mass is 16.5. The fourth-order valence-corrected chi connectivity index (χ4v) is 1.21. The molecule has 0 aliphatic carbocycles. The van der Waals surface area contributed by atoms with Crippen LogP contribution in [0.25, 0.3) is 0 Å². The minimum Gasteiger partial charge on any atom is -0.464 e. The Bertz CT molecular complexity index is 101. The van der Waals surface area contributed by atoms with Gasteiger partial charge in [0.15, 0.2) is 0 Å². The molecule has 0 radical (unpaired) electrons. The largest absolute Gasteiger partial charge is 0.464 e. The Morgan fingerprint density at radius 3 is 2.56 bits per heavy atom. The molecule has 0 spiro atoms. The predicted molar refractivity (Wildman–Crippen MR) is 36.1 cm³/mol. The van der Waals surface area contributed by atoms with Crippen LogP contribution in [0.5, 0.6) is 0 Å². The molecule has 0 aromatic rings. The van der Waals surface area contributed by atoms with E-state index in [2.05, 4.69) is 20.9 Å². The average molecular weight is 129 g/mol. The number of hydrogen-bond acceptors (Lipinski definition) is 1. The van der Waals surface area contributed by atoms with Crippen LogP contribution in [-0.4, -0.2) is 25.3 Å². The first kappa shape index (κ1) is 7.03. The van der Waals surface area contributed by atoms with Gasteiger partial charge in [0.25, 0.3) is 0 Å². The van der Waals surface area contributed by atoms with Gasteiger partial charge in [0, 0.05) is 0 Å². The van der Waals surface area contributed by atoms with E-state index >= 15 is 0 Å². The second kappa shape index (κ2) is 2.27. The van der Waals surface area contributed by atoms with Crippen molar-refractivity contribution in [2.24, 2.45) is 0 Å². The SMILES string of the molecule is [CH2-][NH+]1CCOC(C)(C)C1. The zero-order valence-electron chi connectivity index (χ0n) is 6.24. The molecule has 9 heavy (non-hydrogen) atoms. The number of hydrogen-bond donors (Lipinski definition) is 1. The van der Waals surface area contributed by atoms with Gasteiger partial charge >= 0.3 is 0 Å². The van der Waals surface area contributed by atoms with Crippen LogP contribution in [0, 0.1) is 7.05 Å². The van der Waals surface area contributed by atoms with Crippen LogP contribution in [0.3, 0.4) is 0 Å². The molecule has 0 bridgehead atoms. The highest BCUT2D eigenvalue weighted by Gasteiger charge is 2.25. The minimum atomic E-state index is 0.0509. The van der Waals surface area contributed by atoms with Gasteiger partial charge in [-0.1, -0.05) is 0 Å². The smallest absolute Gasteiger partial charge is 0.109 e. The van der Waals surface area contributed by atoms with Crippen LogP contribution in [-0.2, 0) is 4.74 Å². The van der Waals surface area contributed by atoms with Gasteiger partial charge in [-0.3, -0.25) is 0 Å². The second-order valence-electron chi connectivity index (χ2n) is 3.28. The first-order valence-electron chi connectivity index (χ1n) is 3.41. The summed E-state index contributed by atoms with van der Waals surface area (Å²) in [6.45, 7) is 7.14. The first-order valence-corrected chi connectivity index (χ1v) is 3.41. The van der Waals surface area contributed by atoms with Crippen LogP contribution in [0.1, 0.15) is 13.8 Å². The van der Waals surface area contributed by atoms with Crippen LogP contribution in [0.2, 0.25) is 0 Å². The Hall–Kier alpha value is -0.0800. The van der Waals surface area contributed by atoms with Crippen LogP contribution < -0.4 is 4.90 Å². The Morgan fingerprint density at radius 1 is 1.56 bits per heavy atom. The fraction of sp³-hybridized carbons (Fsp3) is 0.857. The molecule has 0 amide bonds. The summed E-state index contributed by atoms with van der Waals surface area (Å²) in [6, 6.07) is 0. The van der Waals surface area contributed by atoms with E-state index < -0.39 is 0 Å². The maximum absolute atomic E-state index is 5.47. The molecule has 1 atom stereocenters. The molecule has 1 fully saturated rings. The zero-order chi connectivity index (χ0) is 6.91. The van der Waals surface area contributed by atoms with E-state index in [1.807, 2.05) is 0 Å². The topological polar surface area (TPSA) is 13.7 Å². The number of morpholine rings is 1. The molecule has 1 aliphatic heterocycles. The summed E-state index contributed by atoms with van der Waals surface area (Å²) in [5.74, 6) is 0. The molecule has 1 saturated heterocycles. The van der Waals surface area contributed by atoms with Crippen molar-refractivity contribution in [3.05, 3.63) is 7.05 Å². The summed E-state index contributed by atoms with van der Waals surface area (Å²) in [5.41, 5.74) is 0.0509. The summed E-state index contributed by atoms with van der Waals surface area (Å²) >= 11 is 0. The van der Waals surface area contributed by atoms with Crippen LogP contribution in [0.15, 0.2) is 0 Å². The maximum atomic E-state index is 5.47. The molecule has 1 unspecified atom stereocenters. The van der Waals surface area contributed by atoms with Gasteiger partial charge in [0.05, 0.1) is 19.7 Å². The van der Waals surface area contributed by atoms with Crippen molar-refractivity contribution in [3.63, 3.8) is 0 Å². The highest BCUT2D eigenvalue weighted by molar-refractivity contribution is 4.68. The van der Waals surface area contributed by atoms with E-state index in [1.54, 1.807) is 0 Å². The molecule has 2 heteroatoms. The quantitative estimate of drug-likeness (QED) is 0.434. The van der Waals surface area contributed by atoms with Gasteiger partial charge in [-0.25, -0.2) is 0 Å². The molecule has 1 heterocycles. The van der Waals surface area contributed by atoms with E-state index in [4.69, 9.17) is 4.74 Å². The molecular weight excluding hydrogens is 114 g/mol. The lowest BCUT2D eigenvalue weighted by Crippen LogP contribution is -3.11. The summed E-state index contributed by atoms with van der Waals surface area (Å²) in [6.07, 6.45) is 0. The molecular formula is C7H15NO. The zero-order valence-corrected chi connectivity index (χ0v) is 6.24. The number of quaternary nitrogens is 1. The van der Waals surface area contributed by atoms with Crippen molar-refractivity contribution in [2.45, 2.75) is 19.4 Å². The van der Waals surface area contributed by atoms with Crippen LogP contribution in [0.4, 0.5) is 0 Å². The lowest BCUT2D eigenvalue weighted by Gasteiger charge is -2.37. The number of ether oxygens (including phenoxy) is 1. The normalized spacial score (nSPS) is 34.3. The maximum Gasteiger partial charge on any atom is 0.109 e. The van der Waals surface area contributed by atoms with Gasteiger partial charge in [-0.2, -0.15) is 7.05 Å². The fourth-order valence-electron chi connectivity index (χ4n) is 1.21. The Kier molecular flexibility index (Phi) is 1.78. The van der Waals surface area contributed by atoms with Crippen molar-refractivity contribution in [2.75, 3.05) is 19.7 Å². The predicted octanol–water partition coefficient (Wildman–Crippen LogP) is -0.528. The van der Waals surface area contributed by atoms with Gasteiger partial charge in [-0.15, -0.1) is 0 Å². The van der Waals surface area contributed by atoms with Gasteiger partial charge in [-0.05, 0) is 13.8 Å². The lowest BCUT2D eigenvalue weighted by molar-refractivity contribution is -0.871. The summed E-state index contributed by atoms with van der Waals surface area (Å²) < 4.78 is 5.47. The first-order chi connectivity index (χ1) is 4.10. The van der Waals surface area contributed by atoms with E-state index in [0.29, 0.717) is 0 Å². The third-order valence-electron chi connectivity index (χ3n) is 1.62. The van der Waals surface area contributed by atoms with Crippen molar-refractivity contribution < 1.29 is 9.64 Å². The number of rotatable bonds is 0. The van der Waals surface area contributed by atoms with E-state index in [1.165, 1.54) is 4.90 Å².